The van der Waals surface area contributed by atoms with Crippen LogP contribution in [0.4, 0.5) is 0 Å². The number of hydrogen-bond acceptors (Lipinski definition) is 4. The van der Waals surface area contributed by atoms with Gasteiger partial charge in [0.1, 0.15) is 24.0 Å². The molecule has 1 N–H and O–H groups in total. The molecular weight excluding hydrogens is 304 g/mol. The van der Waals surface area contributed by atoms with Crippen molar-refractivity contribution in [2.45, 2.75) is 18.9 Å². The van der Waals surface area contributed by atoms with Crippen LogP contribution in [-0.2, 0) is 9.53 Å². The molecule has 1 heterocycles. The molecule has 1 fully saturated rings. The van der Waals surface area contributed by atoms with E-state index in [9.17, 15) is 4.79 Å². The number of ether oxygens (including phenoxy) is 2. The molecule has 0 bridgehead atoms. The molecule has 1 atom stereocenters. The van der Waals surface area contributed by atoms with E-state index in [1.54, 1.807) is 18.2 Å². The van der Waals surface area contributed by atoms with Crippen molar-refractivity contribution < 1.29 is 14.3 Å². The number of amides is 1. The van der Waals surface area contributed by atoms with E-state index in [1.165, 1.54) is 13.1 Å². The Kier molecular flexibility index (Phi) is 5.82. The van der Waals surface area contributed by atoms with E-state index in [4.69, 9.17) is 26.3 Å². The summed E-state index contributed by atoms with van der Waals surface area (Å²) in [5.74, 6) is 0.115. The number of nitriles is 1. The number of benzene rings is 1. The normalized spacial score (nSPS) is 17.9. The molecule has 0 radical (unpaired) electrons. The molecule has 0 saturated carbocycles. The SMILES string of the molecule is CNC(=O)/C(C#N)=C/c1cc(Cl)ccc1OC[C@@H]1CCCO1. The minimum Gasteiger partial charge on any atom is -0.490 e. The largest absolute Gasteiger partial charge is 0.490 e. The Morgan fingerprint density at radius 2 is 2.45 bits per heavy atom. The van der Waals surface area contributed by atoms with Crippen LogP contribution in [0, 0.1) is 11.3 Å². The minimum absolute atomic E-state index is 0.00765. The highest BCUT2D eigenvalue weighted by Crippen LogP contribution is 2.26. The van der Waals surface area contributed by atoms with Crippen molar-refractivity contribution in [2.75, 3.05) is 20.3 Å². The molecule has 1 amide bonds. The Bertz CT molecular complexity index is 616. The predicted molar refractivity (Wildman–Crippen MR) is 83.6 cm³/mol. The first kappa shape index (κ1) is 16.3. The van der Waals surface area contributed by atoms with E-state index in [-0.39, 0.29) is 11.7 Å². The number of nitrogens with zero attached hydrogens (tertiary/aromatic N) is 1. The molecule has 1 aromatic rings. The number of rotatable bonds is 5. The van der Waals surface area contributed by atoms with Crippen molar-refractivity contribution in [3.05, 3.63) is 34.4 Å². The van der Waals surface area contributed by atoms with Crippen LogP contribution in [0.3, 0.4) is 0 Å². The monoisotopic (exact) mass is 320 g/mol. The van der Waals surface area contributed by atoms with E-state index < -0.39 is 5.91 Å². The number of halogens is 1. The van der Waals surface area contributed by atoms with Crippen LogP contribution in [0.5, 0.6) is 5.75 Å². The fraction of sp³-hybridized carbons (Fsp3) is 0.375. The summed E-state index contributed by atoms with van der Waals surface area (Å²) in [6.07, 6.45) is 3.56. The summed E-state index contributed by atoms with van der Waals surface area (Å²) in [6.45, 7) is 1.20. The van der Waals surface area contributed by atoms with E-state index in [1.807, 2.05) is 6.07 Å². The van der Waals surface area contributed by atoms with Gasteiger partial charge >= 0.3 is 0 Å². The lowest BCUT2D eigenvalue weighted by atomic mass is 10.1. The summed E-state index contributed by atoms with van der Waals surface area (Å²) in [4.78, 5) is 11.6. The van der Waals surface area contributed by atoms with Crippen LogP contribution in [-0.4, -0.2) is 32.3 Å². The maximum atomic E-state index is 11.6. The molecule has 1 aliphatic rings. The molecule has 0 spiro atoms. The zero-order valence-electron chi connectivity index (χ0n) is 12.3. The highest BCUT2D eigenvalue weighted by atomic mass is 35.5. The van der Waals surface area contributed by atoms with Gasteiger partial charge in [-0.1, -0.05) is 11.6 Å². The maximum Gasteiger partial charge on any atom is 0.261 e. The molecule has 0 unspecified atom stereocenters. The third kappa shape index (κ3) is 4.23. The second-order valence-corrected chi connectivity index (χ2v) is 5.31. The standard InChI is InChI=1S/C16H17ClN2O3/c1-19-16(20)12(9-18)7-11-8-13(17)4-5-15(11)22-10-14-3-2-6-21-14/h4-5,7-8,14H,2-3,6,10H2,1H3,(H,19,20)/b12-7+/t14-/m0/s1. The van der Waals surface area contributed by atoms with E-state index in [0.717, 1.165) is 19.4 Å². The molecule has 22 heavy (non-hydrogen) atoms. The second kappa shape index (κ2) is 7.83. The maximum absolute atomic E-state index is 11.6. The zero-order valence-corrected chi connectivity index (χ0v) is 13.0. The molecule has 1 aliphatic heterocycles. The summed E-state index contributed by atoms with van der Waals surface area (Å²) in [5, 5.41) is 12.0. The Morgan fingerprint density at radius 1 is 1.64 bits per heavy atom. The van der Waals surface area contributed by atoms with Gasteiger partial charge in [0.25, 0.3) is 5.91 Å². The second-order valence-electron chi connectivity index (χ2n) is 4.88. The number of nitrogens with one attached hydrogen (secondary N) is 1. The van der Waals surface area contributed by atoms with Gasteiger partial charge in [-0.2, -0.15) is 5.26 Å². The number of carbonyl (C=O) groups excluding carboxylic acids is 1. The van der Waals surface area contributed by atoms with Gasteiger partial charge in [-0.25, -0.2) is 0 Å². The van der Waals surface area contributed by atoms with Crippen LogP contribution >= 0.6 is 11.6 Å². The molecule has 0 aliphatic carbocycles. The molecule has 1 aromatic carbocycles. The molecule has 6 heteroatoms. The van der Waals surface area contributed by atoms with Crippen LogP contribution in [0.2, 0.25) is 5.02 Å². The quantitative estimate of drug-likeness (QED) is 0.668. The van der Waals surface area contributed by atoms with Crippen molar-refractivity contribution in [3.63, 3.8) is 0 Å². The number of hydrogen-bond donors (Lipinski definition) is 1. The third-order valence-electron chi connectivity index (χ3n) is 3.31. The fourth-order valence-corrected chi connectivity index (χ4v) is 2.34. The Morgan fingerprint density at radius 3 is 3.09 bits per heavy atom. The Labute approximate surface area is 134 Å². The van der Waals surface area contributed by atoms with Crippen LogP contribution < -0.4 is 10.1 Å². The first-order chi connectivity index (χ1) is 10.6. The van der Waals surface area contributed by atoms with Crippen molar-refractivity contribution in [1.29, 1.82) is 5.26 Å². The van der Waals surface area contributed by atoms with Gasteiger partial charge < -0.3 is 14.8 Å². The highest BCUT2D eigenvalue weighted by Gasteiger charge is 2.17. The van der Waals surface area contributed by atoms with Crippen molar-refractivity contribution in [3.8, 4) is 11.8 Å². The van der Waals surface area contributed by atoms with E-state index >= 15 is 0 Å². The lowest BCUT2D eigenvalue weighted by molar-refractivity contribution is -0.116. The van der Waals surface area contributed by atoms with Gasteiger partial charge in [-0.3, -0.25) is 4.79 Å². The van der Waals surface area contributed by atoms with Crippen LogP contribution in [0.1, 0.15) is 18.4 Å². The molecule has 1 saturated heterocycles. The highest BCUT2D eigenvalue weighted by molar-refractivity contribution is 6.30. The van der Waals surface area contributed by atoms with E-state index in [2.05, 4.69) is 5.32 Å². The average molecular weight is 321 g/mol. The first-order valence-corrected chi connectivity index (χ1v) is 7.39. The van der Waals surface area contributed by atoms with Crippen molar-refractivity contribution in [1.82, 2.24) is 5.32 Å². The van der Waals surface area contributed by atoms with Crippen LogP contribution in [0.15, 0.2) is 23.8 Å². The molecule has 0 aromatic heterocycles. The Hall–Kier alpha value is -2.03. The summed E-state index contributed by atoms with van der Waals surface area (Å²) < 4.78 is 11.3. The summed E-state index contributed by atoms with van der Waals surface area (Å²) in [5.41, 5.74) is 0.581. The Balaban J connectivity index is 2.21. The third-order valence-corrected chi connectivity index (χ3v) is 3.55. The van der Waals surface area contributed by atoms with Crippen molar-refractivity contribution >= 4 is 23.6 Å². The van der Waals surface area contributed by atoms with Gasteiger partial charge in [0.2, 0.25) is 0 Å². The molecule has 2 rings (SSSR count). The number of likely N-dealkylation sites (N-methyl/N-ethyl adjacent to an activating group) is 1. The summed E-state index contributed by atoms with van der Waals surface area (Å²) in [6, 6.07) is 6.96. The average Bonchev–Trinajstić information content (AvgIpc) is 3.04. The van der Waals surface area contributed by atoms with Gasteiger partial charge in [0, 0.05) is 24.2 Å². The lowest BCUT2D eigenvalue weighted by Gasteiger charge is -2.13. The number of carbonyl (C=O) groups is 1. The molecular formula is C16H17ClN2O3. The molecule has 5 nitrogen and oxygen atoms in total. The lowest BCUT2D eigenvalue weighted by Crippen LogP contribution is -2.19. The van der Waals surface area contributed by atoms with Crippen LogP contribution in [0.25, 0.3) is 6.08 Å². The summed E-state index contributed by atoms with van der Waals surface area (Å²) in [7, 11) is 1.47. The molecule has 116 valence electrons. The van der Waals surface area contributed by atoms with Gasteiger partial charge in [0.05, 0.1) is 6.10 Å². The van der Waals surface area contributed by atoms with Gasteiger partial charge in [0.15, 0.2) is 0 Å². The zero-order chi connectivity index (χ0) is 15.9. The first-order valence-electron chi connectivity index (χ1n) is 7.02. The smallest absolute Gasteiger partial charge is 0.261 e. The summed E-state index contributed by atoms with van der Waals surface area (Å²) >= 11 is 5.99. The van der Waals surface area contributed by atoms with Crippen molar-refractivity contribution in [2.24, 2.45) is 0 Å². The van der Waals surface area contributed by atoms with Gasteiger partial charge in [-0.05, 0) is 37.1 Å². The van der Waals surface area contributed by atoms with E-state index in [0.29, 0.717) is 22.9 Å². The predicted octanol–water partition coefficient (Wildman–Crippen LogP) is 2.55. The topological polar surface area (TPSA) is 71.4 Å². The fourth-order valence-electron chi connectivity index (χ4n) is 2.16. The minimum atomic E-state index is -0.451. The van der Waals surface area contributed by atoms with Gasteiger partial charge in [-0.15, -0.1) is 0 Å².